The smallest absolute Gasteiger partial charge is 0.109 e. The van der Waals surface area contributed by atoms with Crippen molar-refractivity contribution < 1.29 is 24.2 Å². The third-order valence-corrected chi connectivity index (χ3v) is 1.17. The maximum absolute atomic E-state index is 2.99. The van der Waals surface area contributed by atoms with E-state index >= 15 is 0 Å². The molecule has 0 nitrogen and oxygen atoms in total. The fourth-order valence-electron chi connectivity index (χ4n) is 0.680. The van der Waals surface area contributed by atoms with Crippen LogP contribution in [0.15, 0.2) is 36.5 Å². The van der Waals surface area contributed by atoms with Gasteiger partial charge in [0.05, 0.1) is 0 Å². The predicted octanol–water partition coefficient (Wildman–Crippen LogP) is 3.78. The summed E-state index contributed by atoms with van der Waals surface area (Å²) in [6, 6.07) is 0. The van der Waals surface area contributed by atoms with Crippen LogP contribution in [0.2, 0.25) is 0 Å². The van der Waals surface area contributed by atoms with Crippen LogP contribution in [0.1, 0.15) is 26.7 Å². The molecule has 0 amide bonds. The Morgan fingerprint density at radius 2 is 1.33 bits per heavy atom. The second-order valence-corrected chi connectivity index (χ2v) is 5.46. The molecule has 0 fully saturated rings. The van der Waals surface area contributed by atoms with Crippen molar-refractivity contribution in [2.45, 2.75) is 26.7 Å². The Morgan fingerprint density at radius 1 is 1.00 bits per heavy atom. The largest absolute Gasteiger partial charge is 0.273 e. The number of rotatable bonds is 0. The first-order valence-electron chi connectivity index (χ1n) is 4.68. The number of halogens is 1. The van der Waals surface area contributed by atoms with Crippen molar-refractivity contribution in [2.24, 2.45) is 0 Å². The van der Waals surface area contributed by atoms with Crippen molar-refractivity contribution in [3.8, 4) is 0 Å². The molecule has 0 saturated heterocycles. The second kappa shape index (κ2) is 14.0. The molecule has 2 rings (SSSR count). The molecular formula is C13H17ClZr. The van der Waals surface area contributed by atoms with Gasteiger partial charge in [0.25, 0.3) is 0 Å². The van der Waals surface area contributed by atoms with Crippen molar-refractivity contribution in [1.82, 2.24) is 0 Å². The normalized spacial score (nSPS) is 13.6. The van der Waals surface area contributed by atoms with Crippen molar-refractivity contribution >= 4 is 15.6 Å². The van der Waals surface area contributed by atoms with Gasteiger partial charge in [-0.3, -0.25) is 12.2 Å². The zero-order chi connectivity index (χ0) is 10.6. The molecule has 0 aromatic rings. The van der Waals surface area contributed by atoms with Crippen molar-refractivity contribution in [2.75, 3.05) is 0 Å². The molecule has 0 aromatic carbocycles. The van der Waals surface area contributed by atoms with Crippen LogP contribution in [0, 0.1) is 12.2 Å². The minimum atomic E-state index is 0. The Balaban J connectivity index is 0. The zero-order valence-electron chi connectivity index (χ0n) is 9.29. The van der Waals surface area contributed by atoms with Gasteiger partial charge in [-0.1, -0.05) is 0 Å². The first kappa shape index (κ1) is 17.4. The van der Waals surface area contributed by atoms with Crippen LogP contribution in [0.25, 0.3) is 0 Å². The molecule has 15 heavy (non-hydrogen) atoms. The van der Waals surface area contributed by atoms with Gasteiger partial charge < -0.3 is 0 Å². The molecule has 0 spiro atoms. The van der Waals surface area contributed by atoms with E-state index in [1.165, 1.54) is 3.21 Å². The van der Waals surface area contributed by atoms with Gasteiger partial charge in [-0.05, 0) is 0 Å². The molecule has 0 unspecified atom stereocenters. The Morgan fingerprint density at radius 3 is 1.40 bits per heavy atom. The van der Waals surface area contributed by atoms with Crippen LogP contribution in [-0.4, -0.2) is 3.21 Å². The van der Waals surface area contributed by atoms with E-state index in [4.69, 9.17) is 0 Å². The fraction of sp³-hybridized carbons (Fsp3) is 0.308. The topological polar surface area (TPSA) is 0 Å². The first-order chi connectivity index (χ1) is 6.73. The van der Waals surface area contributed by atoms with Gasteiger partial charge in [-0.25, -0.2) is 24.3 Å². The minimum absolute atomic E-state index is 0. The molecule has 0 N–H and O–H groups in total. The third-order valence-electron chi connectivity index (χ3n) is 1.17. The van der Waals surface area contributed by atoms with Crippen molar-refractivity contribution in [1.29, 1.82) is 0 Å². The summed E-state index contributed by atoms with van der Waals surface area (Å²) in [6.07, 6.45) is 20.0. The number of hydrogen-bond acceptors (Lipinski definition) is 0. The molecule has 2 aliphatic rings. The van der Waals surface area contributed by atoms with Gasteiger partial charge in [0.2, 0.25) is 0 Å². The summed E-state index contributed by atoms with van der Waals surface area (Å²) in [5, 5.41) is 0. The Kier molecular flexibility index (Phi) is 16.2. The van der Waals surface area contributed by atoms with Crippen molar-refractivity contribution in [3.05, 3.63) is 48.6 Å². The van der Waals surface area contributed by atoms with Gasteiger partial charge in [0.15, 0.2) is 0 Å². The van der Waals surface area contributed by atoms with E-state index in [0.29, 0.717) is 0 Å². The Hall–Kier alpha value is 0.00312. The van der Waals surface area contributed by atoms with E-state index in [9.17, 15) is 0 Å². The molecule has 0 bridgehead atoms. The molecule has 0 radical (unpaired) electrons. The molecule has 2 heteroatoms. The van der Waals surface area contributed by atoms with Gasteiger partial charge in [-0.2, -0.15) is 12.2 Å². The van der Waals surface area contributed by atoms with Crippen LogP contribution < -0.4 is 0 Å². The second-order valence-electron chi connectivity index (χ2n) is 3.01. The van der Waals surface area contributed by atoms with Gasteiger partial charge in [0.1, 0.15) is 0 Å². The molecule has 0 aromatic heterocycles. The third kappa shape index (κ3) is 20.2. The minimum Gasteiger partial charge on any atom is -0.273 e. The van der Waals surface area contributed by atoms with Crippen LogP contribution in [0.3, 0.4) is 0 Å². The van der Waals surface area contributed by atoms with E-state index < -0.39 is 0 Å². The molecule has 0 heterocycles. The zero-order valence-corrected chi connectivity index (χ0v) is 12.6. The molecular weight excluding hydrogens is 283 g/mol. The maximum atomic E-state index is 2.99. The molecule has 0 saturated carbocycles. The summed E-state index contributed by atoms with van der Waals surface area (Å²) in [6.45, 7) is 4.25. The number of allylic oxidation sites excluding steroid dienone is 8. The van der Waals surface area contributed by atoms with E-state index in [1.807, 2.05) is 24.3 Å². The van der Waals surface area contributed by atoms with E-state index in [1.54, 1.807) is 24.2 Å². The first-order valence-corrected chi connectivity index (χ1v) is 5.91. The SMILES string of the molecule is C[C](C)=[Zr+2].Cl.[C-]1=CC=CC1.[C-]1=CC=CC1. The molecule has 0 aliphatic heterocycles. The van der Waals surface area contributed by atoms with E-state index in [0.717, 1.165) is 12.8 Å². The average molecular weight is 300 g/mol. The predicted molar refractivity (Wildman–Crippen MR) is 66.7 cm³/mol. The van der Waals surface area contributed by atoms with Gasteiger partial charge in [-0.15, -0.1) is 25.2 Å². The number of hydrogen-bond donors (Lipinski definition) is 0. The molecule has 0 atom stereocenters. The Bertz CT molecular complexity index is 214. The summed E-state index contributed by atoms with van der Waals surface area (Å²) in [7, 11) is 0. The summed E-state index contributed by atoms with van der Waals surface area (Å²) in [5.41, 5.74) is 0. The Labute approximate surface area is 115 Å². The van der Waals surface area contributed by atoms with Crippen molar-refractivity contribution in [3.63, 3.8) is 0 Å². The van der Waals surface area contributed by atoms with Crippen LogP contribution in [-0.2, 0) is 24.2 Å². The quantitative estimate of drug-likeness (QED) is 0.597. The molecule has 2 aliphatic carbocycles. The summed E-state index contributed by atoms with van der Waals surface area (Å²) in [4.78, 5) is 0. The maximum Gasteiger partial charge on any atom is -0.109 e. The average Bonchev–Trinajstić information content (AvgIpc) is 2.83. The van der Waals surface area contributed by atoms with Gasteiger partial charge in [0, 0.05) is 0 Å². The van der Waals surface area contributed by atoms with Crippen LogP contribution in [0.4, 0.5) is 0 Å². The fourth-order valence-corrected chi connectivity index (χ4v) is 0.680. The summed E-state index contributed by atoms with van der Waals surface area (Å²) in [5.74, 6) is 0. The van der Waals surface area contributed by atoms with Crippen LogP contribution in [0.5, 0.6) is 0 Å². The summed E-state index contributed by atoms with van der Waals surface area (Å²) >= 11 is 1.55. The van der Waals surface area contributed by atoms with Crippen LogP contribution >= 0.6 is 12.4 Å². The molecule has 80 valence electrons. The monoisotopic (exact) mass is 298 g/mol. The standard InChI is InChI=1S/2C5H5.C3H6.ClH.Zr/c2*1-2-4-5-3-1;1-3-2;;/h2*1-3H,4H2;1-2H3;1H;/q2*-1;;;+2. The summed E-state index contributed by atoms with van der Waals surface area (Å²) < 4.78 is 1.51. The van der Waals surface area contributed by atoms with Gasteiger partial charge >= 0.3 is 41.3 Å². The van der Waals surface area contributed by atoms with E-state index in [-0.39, 0.29) is 12.4 Å². The van der Waals surface area contributed by atoms with E-state index in [2.05, 4.69) is 38.2 Å².